The van der Waals surface area contributed by atoms with Crippen molar-refractivity contribution in [3.05, 3.63) is 238 Å². The van der Waals surface area contributed by atoms with Crippen LogP contribution in [0.1, 0.15) is 193 Å². The molecule has 9 aromatic carbocycles. The van der Waals surface area contributed by atoms with E-state index in [9.17, 15) is 0 Å². The highest BCUT2D eigenvalue weighted by atomic mass is 15.2. The molecular weight excluding hydrogens is 1040 g/mol. The Morgan fingerprint density at radius 2 is 0.802 bits per heavy atom. The van der Waals surface area contributed by atoms with Crippen molar-refractivity contribution in [2.45, 2.75) is 181 Å². The minimum Gasteiger partial charge on any atom is -0.311 e. The molecule has 0 fully saturated rings. The number of benzene rings is 9. The van der Waals surface area contributed by atoms with Crippen molar-refractivity contribution < 1.29 is 0 Å². The average molecular weight is 1130 g/mol. The van der Waals surface area contributed by atoms with Crippen LogP contribution in [0.15, 0.2) is 182 Å². The van der Waals surface area contributed by atoms with Crippen LogP contribution >= 0.6 is 0 Å². The molecule has 14 rings (SSSR count). The Bertz CT molecular complexity index is 4250. The molecule has 0 saturated carbocycles. The second-order valence-electron chi connectivity index (χ2n) is 32.1. The number of rotatable bonds is 6. The third-order valence-electron chi connectivity index (χ3n) is 21.3. The molecule has 2 aliphatic heterocycles. The Morgan fingerprint density at radius 3 is 1.38 bits per heavy atom. The summed E-state index contributed by atoms with van der Waals surface area (Å²) >= 11 is 0. The number of fused-ring (bicyclic) bond motifs is 8. The lowest BCUT2D eigenvalue weighted by Gasteiger charge is -2.49. The molecule has 4 heteroatoms. The Labute approximate surface area is 515 Å². The van der Waals surface area contributed by atoms with Crippen LogP contribution in [-0.4, -0.2) is 6.71 Å². The lowest BCUT2D eigenvalue weighted by molar-refractivity contribution is 0.403. The highest BCUT2D eigenvalue weighted by molar-refractivity contribution is 7.00. The maximum Gasteiger partial charge on any atom is 0.252 e. The van der Waals surface area contributed by atoms with Crippen LogP contribution in [0.2, 0.25) is 0 Å². The predicted octanol–water partition coefficient (Wildman–Crippen LogP) is 20.4. The first-order chi connectivity index (χ1) is 40.4. The second-order valence-corrected chi connectivity index (χ2v) is 32.1. The summed E-state index contributed by atoms with van der Waals surface area (Å²) in [5.41, 5.74) is 30.7. The molecule has 0 N–H and O–H groups in total. The fourth-order valence-electron chi connectivity index (χ4n) is 17.3. The normalized spacial score (nSPS) is 18.3. The van der Waals surface area contributed by atoms with E-state index in [1.165, 1.54) is 117 Å². The smallest absolute Gasteiger partial charge is 0.252 e. The fraction of sp³-hybridized carbons (Fsp3) is 0.341. The van der Waals surface area contributed by atoms with Crippen LogP contribution in [0.5, 0.6) is 0 Å². The van der Waals surface area contributed by atoms with E-state index in [2.05, 4.69) is 321 Å². The van der Waals surface area contributed by atoms with Gasteiger partial charge in [0.2, 0.25) is 0 Å². The molecule has 0 radical (unpaired) electrons. The van der Waals surface area contributed by atoms with Crippen LogP contribution in [0.3, 0.4) is 0 Å². The standard InChI is InChI=1S/C82H88BN3/c1-75(2,3)52-33-36-55(37-34-52)84(54-29-23-20-24-30-54)57-43-72-74-73(44-57)86(69-40-35-53(76(4,5)6)41-58(69)51-27-21-19-22-28-51)71-48-66-65(81(15,16)60-31-25-26-32-61(60)82(66,17)18)46-68(71)83(74)67-45-63-64(80(13,14)50-79(63,11)12)47-70(67)85(72)56-38-39-59-62(42-56)78(9,10)49-77(59,7)8/h19-48H,49-50H2,1-18H3. The SMILES string of the molecule is CC(C)(C)c1ccc(N(c2ccccc2)c2cc3c4c(c2)N(c2ccc(C(C)(C)C)cc2-c2ccccc2)c2cc5c(cc2B4c2cc4c(cc2N3c2ccc3c(c2)C(C)(C)CC3(C)C)C(C)(C)CC4(C)C)C(C)(C)c2ccccc2C5(C)C)cc1. The van der Waals surface area contributed by atoms with E-state index in [1.807, 2.05) is 0 Å². The van der Waals surface area contributed by atoms with Crippen molar-refractivity contribution in [3.63, 3.8) is 0 Å². The first-order valence-electron chi connectivity index (χ1n) is 32.0. The summed E-state index contributed by atoms with van der Waals surface area (Å²) in [6.45, 7) is 43.6. The van der Waals surface area contributed by atoms with E-state index >= 15 is 0 Å². The van der Waals surface area contributed by atoms with Gasteiger partial charge in [-0.1, -0.05) is 234 Å². The third kappa shape index (κ3) is 8.41. The maximum absolute atomic E-state index is 2.73. The maximum atomic E-state index is 2.73. The monoisotopic (exact) mass is 1130 g/mol. The lowest BCUT2D eigenvalue weighted by Crippen LogP contribution is -2.62. The minimum atomic E-state index is -0.287. The van der Waals surface area contributed by atoms with E-state index in [0.717, 1.165) is 29.9 Å². The second kappa shape index (κ2) is 18.5. The van der Waals surface area contributed by atoms with Gasteiger partial charge in [0.25, 0.3) is 6.71 Å². The summed E-state index contributed by atoms with van der Waals surface area (Å²) in [6.07, 6.45) is 2.19. The molecule has 5 aliphatic rings. The molecule has 2 heterocycles. The summed E-state index contributed by atoms with van der Waals surface area (Å²) < 4.78 is 0. The number of para-hydroxylation sites is 1. The largest absolute Gasteiger partial charge is 0.311 e. The van der Waals surface area contributed by atoms with Gasteiger partial charge in [-0.3, -0.25) is 0 Å². The van der Waals surface area contributed by atoms with Crippen molar-refractivity contribution >= 4 is 74.3 Å². The molecule has 0 bridgehead atoms. The molecule has 86 heavy (non-hydrogen) atoms. The lowest BCUT2D eigenvalue weighted by atomic mass is 9.32. The zero-order valence-electron chi connectivity index (χ0n) is 54.7. The molecule has 0 atom stereocenters. The highest BCUT2D eigenvalue weighted by Crippen LogP contribution is 2.58. The summed E-state index contributed by atoms with van der Waals surface area (Å²) in [5, 5.41) is 0. The molecule has 0 aromatic heterocycles. The average Bonchev–Trinajstić information content (AvgIpc) is 0.876. The molecule has 0 amide bonds. The Morgan fingerprint density at radius 1 is 0.349 bits per heavy atom. The van der Waals surface area contributed by atoms with Gasteiger partial charge in [-0.25, -0.2) is 0 Å². The van der Waals surface area contributed by atoms with E-state index < -0.39 is 0 Å². The van der Waals surface area contributed by atoms with Gasteiger partial charge in [-0.05, 0) is 196 Å². The Kier molecular flexibility index (Phi) is 12.1. The van der Waals surface area contributed by atoms with E-state index in [1.54, 1.807) is 0 Å². The van der Waals surface area contributed by atoms with Crippen LogP contribution < -0.4 is 31.1 Å². The summed E-state index contributed by atoms with van der Waals surface area (Å²) in [6, 6.07) is 71.9. The van der Waals surface area contributed by atoms with Gasteiger partial charge in [-0.15, -0.1) is 0 Å². The van der Waals surface area contributed by atoms with Crippen molar-refractivity contribution in [3.8, 4) is 11.1 Å². The molecule has 9 aromatic rings. The predicted molar refractivity (Wildman–Crippen MR) is 370 cm³/mol. The first kappa shape index (κ1) is 56.3. The van der Waals surface area contributed by atoms with E-state index in [0.29, 0.717) is 0 Å². The van der Waals surface area contributed by atoms with Crippen LogP contribution in [0.4, 0.5) is 51.2 Å². The van der Waals surface area contributed by atoms with Gasteiger partial charge in [0.15, 0.2) is 0 Å². The third-order valence-corrected chi connectivity index (χ3v) is 21.3. The molecule has 3 nitrogen and oxygen atoms in total. The van der Waals surface area contributed by atoms with Crippen LogP contribution in [0.25, 0.3) is 11.1 Å². The molecule has 434 valence electrons. The van der Waals surface area contributed by atoms with E-state index in [-0.39, 0.29) is 50.0 Å². The fourth-order valence-corrected chi connectivity index (χ4v) is 17.3. The van der Waals surface area contributed by atoms with Crippen LogP contribution in [0, 0.1) is 0 Å². The molecule has 0 spiro atoms. The topological polar surface area (TPSA) is 9.72 Å². The molecule has 0 saturated heterocycles. The van der Waals surface area contributed by atoms with Gasteiger partial charge >= 0.3 is 0 Å². The van der Waals surface area contributed by atoms with Gasteiger partial charge in [0.1, 0.15) is 0 Å². The Balaban J connectivity index is 1.18. The summed E-state index contributed by atoms with van der Waals surface area (Å²) in [4.78, 5) is 7.99. The van der Waals surface area contributed by atoms with Gasteiger partial charge < -0.3 is 14.7 Å². The van der Waals surface area contributed by atoms with Crippen molar-refractivity contribution in [1.29, 1.82) is 0 Å². The number of nitrogens with zero attached hydrogens (tertiary/aromatic N) is 3. The van der Waals surface area contributed by atoms with Crippen molar-refractivity contribution in [2.24, 2.45) is 0 Å². The van der Waals surface area contributed by atoms with Crippen molar-refractivity contribution in [1.82, 2.24) is 0 Å². The Hall–Kier alpha value is -7.56. The number of hydrogen-bond acceptors (Lipinski definition) is 3. The zero-order valence-corrected chi connectivity index (χ0v) is 54.7. The first-order valence-corrected chi connectivity index (χ1v) is 32.0. The van der Waals surface area contributed by atoms with Gasteiger partial charge in [0.05, 0.1) is 11.4 Å². The minimum absolute atomic E-state index is 0.00343. The number of anilines is 9. The van der Waals surface area contributed by atoms with Crippen molar-refractivity contribution in [2.75, 3.05) is 14.7 Å². The van der Waals surface area contributed by atoms with E-state index in [4.69, 9.17) is 0 Å². The quantitative estimate of drug-likeness (QED) is 0.154. The van der Waals surface area contributed by atoms with Gasteiger partial charge in [0, 0.05) is 56.2 Å². The number of hydrogen-bond donors (Lipinski definition) is 0. The summed E-state index contributed by atoms with van der Waals surface area (Å²) in [5.74, 6) is 0. The molecule has 0 unspecified atom stereocenters. The highest BCUT2D eigenvalue weighted by Gasteiger charge is 2.52. The zero-order chi connectivity index (χ0) is 60.8. The molecule has 3 aliphatic carbocycles. The van der Waals surface area contributed by atoms with Crippen LogP contribution in [-0.2, 0) is 43.3 Å². The molecular formula is C82H88BN3. The summed E-state index contributed by atoms with van der Waals surface area (Å²) in [7, 11) is 0. The van der Waals surface area contributed by atoms with Gasteiger partial charge in [-0.2, -0.15) is 0 Å².